The van der Waals surface area contributed by atoms with E-state index in [0.29, 0.717) is 17.7 Å². The Bertz CT molecular complexity index is 519. The molecule has 0 radical (unpaired) electrons. The maximum atomic E-state index is 12.8. The molecule has 2 aliphatic rings. The van der Waals surface area contributed by atoms with E-state index in [1.807, 2.05) is 6.07 Å². The van der Waals surface area contributed by atoms with Crippen molar-refractivity contribution in [3.05, 3.63) is 29.8 Å². The zero-order valence-corrected chi connectivity index (χ0v) is 13.7. The number of para-hydroxylation sites is 1. The molecule has 2 aliphatic heterocycles. The Morgan fingerprint density at radius 2 is 2.24 bits per heavy atom. The van der Waals surface area contributed by atoms with Crippen molar-refractivity contribution in [3.63, 3.8) is 0 Å². The first-order chi connectivity index (χ1) is 10.2. The van der Waals surface area contributed by atoms with Crippen molar-refractivity contribution in [3.8, 4) is 0 Å². The molecule has 0 unspecified atom stereocenters. The summed E-state index contributed by atoms with van der Waals surface area (Å²) in [5, 5.41) is 0.382. The molecule has 0 aromatic heterocycles. The third-order valence-corrected chi connectivity index (χ3v) is 5.69. The first-order valence-corrected chi connectivity index (χ1v) is 9.13. The van der Waals surface area contributed by atoms with Gasteiger partial charge in [-0.2, -0.15) is 11.8 Å². The fourth-order valence-corrected chi connectivity index (χ4v) is 3.73. The Hall–Kier alpha value is -1.00. The first kappa shape index (κ1) is 14.9. The SMILES string of the molecule is CS[C@@H](C)CC(=O)N1C[C@H]2CCCN2Cc2ccccc21. The van der Waals surface area contributed by atoms with E-state index < -0.39 is 0 Å². The maximum absolute atomic E-state index is 12.8. The lowest BCUT2D eigenvalue weighted by Crippen LogP contribution is -2.41. The molecular formula is C17H24N2OS. The normalized spacial score (nSPS) is 23.3. The molecule has 0 spiro atoms. The number of carbonyl (C=O) groups excluding carboxylic acids is 1. The highest BCUT2D eigenvalue weighted by Gasteiger charge is 2.33. The van der Waals surface area contributed by atoms with E-state index in [1.54, 1.807) is 11.8 Å². The number of hydrogen-bond donors (Lipinski definition) is 0. The van der Waals surface area contributed by atoms with Crippen LogP contribution in [-0.4, -0.2) is 41.4 Å². The minimum absolute atomic E-state index is 0.276. The van der Waals surface area contributed by atoms with Crippen LogP contribution in [0, 0.1) is 0 Å². The number of thioether (sulfide) groups is 1. The molecule has 0 N–H and O–H groups in total. The van der Waals surface area contributed by atoms with Crippen LogP contribution in [0.2, 0.25) is 0 Å². The lowest BCUT2D eigenvalue weighted by atomic mass is 10.1. The fourth-order valence-electron chi connectivity index (χ4n) is 3.42. The molecule has 1 aromatic rings. The lowest BCUT2D eigenvalue weighted by molar-refractivity contribution is -0.118. The maximum Gasteiger partial charge on any atom is 0.228 e. The van der Waals surface area contributed by atoms with Crippen molar-refractivity contribution in [2.45, 2.75) is 44.0 Å². The number of nitrogens with zero attached hydrogens (tertiary/aromatic N) is 2. The molecule has 1 fully saturated rings. The van der Waals surface area contributed by atoms with Gasteiger partial charge in [-0.25, -0.2) is 0 Å². The third-order valence-electron chi connectivity index (χ3n) is 4.71. The standard InChI is InChI=1S/C17H24N2OS/c1-13(21-2)10-17(20)19-12-15-7-5-9-18(15)11-14-6-3-4-8-16(14)19/h3-4,6,8,13,15H,5,7,9-12H2,1-2H3/t13-,15+/m0/s1. The molecule has 1 aromatic carbocycles. The molecule has 1 saturated heterocycles. The van der Waals surface area contributed by atoms with Gasteiger partial charge in [-0.1, -0.05) is 25.1 Å². The summed E-state index contributed by atoms with van der Waals surface area (Å²) in [5.41, 5.74) is 2.43. The molecule has 4 heteroatoms. The van der Waals surface area contributed by atoms with E-state index in [4.69, 9.17) is 0 Å². The molecule has 3 rings (SSSR count). The Balaban J connectivity index is 1.88. The zero-order valence-electron chi connectivity index (χ0n) is 12.9. The first-order valence-electron chi connectivity index (χ1n) is 7.84. The van der Waals surface area contributed by atoms with Gasteiger partial charge in [0.1, 0.15) is 0 Å². The van der Waals surface area contributed by atoms with E-state index in [2.05, 4.69) is 41.2 Å². The molecule has 3 nitrogen and oxygen atoms in total. The van der Waals surface area contributed by atoms with Crippen molar-refractivity contribution >= 4 is 23.4 Å². The average molecular weight is 304 g/mol. The summed E-state index contributed by atoms with van der Waals surface area (Å²) < 4.78 is 0. The fraction of sp³-hybridized carbons (Fsp3) is 0.588. The summed E-state index contributed by atoms with van der Waals surface area (Å²) in [7, 11) is 0. The van der Waals surface area contributed by atoms with E-state index in [-0.39, 0.29) is 5.91 Å². The van der Waals surface area contributed by atoms with Crippen LogP contribution < -0.4 is 4.90 Å². The second-order valence-corrected chi connectivity index (χ2v) is 7.43. The Kier molecular flexibility index (Phi) is 4.55. The number of carbonyl (C=O) groups is 1. The number of rotatable bonds is 3. The van der Waals surface area contributed by atoms with Gasteiger partial charge in [0, 0.05) is 36.5 Å². The quantitative estimate of drug-likeness (QED) is 0.857. The van der Waals surface area contributed by atoms with Gasteiger partial charge in [0.05, 0.1) is 0 Å². The summed E-state index contributed by atoms with van der Waals surface area (Å²) in [6, 6.07) is 8.95. The van der Waals surface area contributed by atoms with Gasteiger partial charge in [-0.3, -0.25) is 9.69 Å². The van der Waals surface area contributed by atoms with Crippen molar-refractivity contribution in [1.82, 2.24) is 4.90 Å². The second kappa shape index (κ2) is 6.41. The molecule has 0 bridgehead atoms. The minimum Gasteiger partial charge on any atom is -0.310 e. The summed E-state index contributed by atoms with van der Waals surface area (Å²) in [4.78, 5) is 17.4. The van der Waals surface area contributed by atoms with Crippen LogP contribution in [0.4, 0.5) is 5.69 Å². The highest BCUT2D eigenvalue weighted by atomic mass is 32.2. The van der Waals surface area contributed by atoms with Gasteiger partial charge in [-0.15, -0.1) is 0 Å². The van der Waals surface area contributed by atoms with Gasteiger partial charge in [-0.05, 0) is 37.3 Å². The molecule has 21 heavy (non-hydrogen) atoms. The van der Waals surface area contributed by atoms with E-state index in [1.165, 1.54) is 24.9 Å². The number of anilines is 1. The number of benzene rings is 1. The molecule has 2 heterocycles. The summed E-state index contributed by atoms with van der Waals surface area (Å²) in [5.74, 6) is 0.276. The van der Waals surface area contributed by atoms with E-state index >= 15 is 0 Å². The Labute approximate surface area is 131 Å². The zero-order chi connectivity index (χ0) is 14.8. The predicted octanol–water partition coefficient (Wildman–Crippen LogP) is 3.14. The van der Waals surface area contributed by atoms with Gasteiger partial charge in [0.2, 0.25) is 5.91 Å². The Morgan fingerprint density at radius 1 is 1.43 bits per heavy atom. The van der Waals surface area contributed by atoms with Crippen LogP contribution in [0.25, 0.3) is 0 Å². The van der Waals surface area contributed by atoms with Crippen LogP contribution in [0.1, 0.15) is 31.7 Å². The monoisotopic (exact) mass is 304 g/mol. The number of fused-ring (bicyclic) bond motifs is 2. The highest BCUT2D eigenvalue weighted by Crippen LogP contribution is 2.32. The summed E-state index contributed by atoms with van der Waals surface area (Å²) in [6.07, 6.45) is 5.18. The van der Waals surface area contributed by atoms with Crippen molar-refractivity contribution in [1.29, 1.82) is 0 Å². The summed E-state index contributed by atoms with van der Waals surface area (Å²) >= 11 is 1.77. The minimum atomic E-state index is 0.276. The molecule has 1 amide bonds. The molecule has 2 atom stereocenters. The van der Waals surface area contributed by atoms with Crippen LogP contribution in [-0.2, 0) is 11.3 Å². The lowest BCUT2D eigenvalue weighted by Gasteiger charge is -2.27. The Morgan fingerprint density at radius 3 is 3.05 bits per heavy atom. The number of amides is 1. The van der Waals surface area contributed by atoms with E-state index in [9.17, 15) is 4.79 Å². The molecule has 0 aliphatic carbocycles. The smallest absolute Gasteiger partial charge is 0.228 e. The molecular weight excluding hydrogens is 280 g/mol. The van der Waals surface area contributed by atoms with E-state index in [0.717, 1.165) is 18.8 Å². The topological polar surface area (TPSA) is 23.6 Å². The predicted molar refractivity (Wildman–Crippen MR) is 89.8 cm³/mol. The van der Waals surface area contributed by atoms with Crippen molar-refractivity contribution in [2.75, 3.05) is 24.2 Å². The molecule has 114 valence electrons. The summed E-state index contributed by atoms with van der Waals surface area (Å²) in [6.45, 7) is 5.15. The van der Waals surface area contributed by atoms with Crippen molar-refractivity contribution in [2.24, 2.45) is 0 Å². The van der Waals surface area contributed by atoms with Crippen LogP contribution >= 0.6 is 11.8 Å². The third kappa shape index (κ3) is 3.11. The van der Waals surface area contributed by atoms with Crippen LogP contribution in [0.3, 0.4) is 0 Å². The van der Waals surface area contributed by atoms with Gasteiger partial charge in [0.15, 0.2) is 0 Å². The van der Waals surface area contributed by atoms with Gasteiger partial charge >= 0.3 is 0 Å². The largest absolute Gasteiger partial charge is 0.310 e. The number of hydrogen-bond acceptors (Lipinski definition) is 3. The van der Waals surface area contributed by atoms with Gasteiger partial charge < -0.3 is 4.90 Å². The van der Waals surface area contributed by atoms with Crippen LogP contribution in [0.15, 0.2) is 24.3 Å². The van der Waals surface area contributed by atoms with Crippen molar-refractivity contribution < 1.29 is 4.79 Å². The van der Waals surface area contributed by atoms with Gasteiger partial charge in [0.25, 0.3) is 0 Å². The molecule has 0 saturated carbocycles. The second-order valence-electron chi connectivity index (χ2n) is 6.15. The average Bonchev–Trinajstić information content (AvgIpc) is 2.86. The van der Waals surface area contributed by atoms with Crippen LogP contribution in [0.5, 0.6) is 0 Å². The highest BCUT2D eigenvalue weighted by molar-refractivity contribution is 7.99.